The Morgan fingerprint density at radius 3 is 2.42 bits per heavy atom. The van der Waals surface area contributed by atoms with Gasteiger partial charge in [0.15, 0.2) is 5.16 Å². The molecule has 1 atom stereocenters. The van der Waals surface area contributed by atoms with Crippen LogP contribution in [-0.2, 0) is 30.8 Å². The summed E-state index contributed by atoms with van der Waals surface area (Å²) in [6.45, 7) is 8.43. The van der Waals surface area contributed by atoms with Gasteiger partial charge in [-0.3, -0.25) is 4.79 Å². The topological polar surface area (TPSA) is 94.0 Å². The Labute approximate surface area is 186 Å². The monoisotopic (exact) mass is 468 g/mol. The van der Waals surface area contributed by atoms with E-state index >= 15 is 0 Å². The molecule has 31 heavy (non-hydrogen) atoms. The average molecular weight is 469 g/mol. The fraction of sp³-hybridized carbons (Fsp3) is 0.600. The molecule has 0 aliphatic carbocycles. The number of nitrogens with zero attached hydrogens (tertiary/aromatic N) is 4. The maximum absolute atomic E-state index is 13.0. The van der Waals surface area contributed by atoms with Crippen molar-refractivity contribution in [1.82, 2.24) is 18.8 Å². The summed E-state index contributed by atoms with van der Waals surface area (Å²) in [5.41, 5.74) is 1.47. The van der Waals surface area contributed by atoms with E-state index in [1.165, 1.54) is 16.1 Å². The van der Waals surface area contributed by atoms with Crippen LogP contribution in [0.2, 0.25) is 0 Å². The number of morpholine rings is 2. The van der Waals surface area contributed by atoms with Gasteiger partial charge in [-0.1, -0.05) is 11.8 Å². The smallest absolute Gasteiger partial charge is 0.243 e. The van der Waals surface area contributed by atoms with Crippen LogP contribution in [0.1, 0.15) is 13.8 Å². The van der Waals surface area contributed by atoms with Gasteiger partial charge in [0, 0.05) is 32.7 Å². The van der Waals surface area contributed by atoms with Gasteiger partial charge in [-0.25, -0.2) is 13.4 Å². The molecule has 1 unspecified atom stereocenters. The summed E-state index contributed by atoms with van der Waals surface area (Å²) in [7, 11) is -3.59. The standard InChI is InChI=1S/C20H28N4O5S2/c1-3-24-18-5-4-16(31(26,27)23-8-12-29-13-9-23)14-17(18)21-20(24)30-15(2)19(25)22-6-10-28-11-7-22/h4-5,14-15H,3,6-13H2,1-2H3. The van der Waals surface area contributed by atoms with Gasteiger partial charge in [-0.05, 0) is 32.0 Å². The number of benzene rings is 1. The van der Waals surface area contributed by atoms with Crippen LogP contribution in [0.4, 0.5) is 0 Å². The van der Waals surface area contributed by atoms with Gasteiger partial charge in [-0.15, -0.1) is 0 Å². The van der Waals surface area contributed by atoms with E-state index in [4.69, 9.17) is 14.5 Å². The number of carbonyl (C=O) groups excluding carboxylic acids is 1. The molecule has 2 saturated heterocycles. The summed E-state index contributed by atoms with van der Waals surface area (Å²) < 4.78 is 40.1. The molecule has 170 valence electrons. The molecular formula is C20H28N4O5S2. The molecule has 2 aliphatic heterocycles. The van der Waals surface area contributed by atoms with Gasteiger partial charge < -0.3 is 18.9 Å². The number of carbonyl (C=O) groups is 1. The van der Waals surface area contributed by atoms with Crippen LogP contribution in [-0.4, -0.2) is 90.9 Å². The molecule has 2 aromatic rings. The van der Waals surface area contributed by atoms with E-state index in [1.807, 2.05) is 23.3 Å². The molecule has 0 N–H and O–H groups in total. The second-order valence-electron chi connectivity index (χ2n) is 7.50. The number of hydrogen-bond donors (Lipinski definition) is 0. The van der Waals surface area contributed by atoms with E-state index in [2.05, 4.69) is 0 Å². The SMILES string of the molecule is CCn1c(SC(C)C(=O)N2CCOCC2)nc2cc(S(=O)(=O)N3CCOCC3)ccc21. The van der Waals surface area contributed by atoms with E-state index in [1.54, 1.807) is 18.2 Å². The zero-order valence-electron chi connectivity index (χ0n) is 17.8. The lowest BCUT2D eigenvalue weighted by Gasteiger charge is -2.28. The average Bonchev–Trinajstić information content (AvgIpc) is 3.15. The van der Waals surface area contributed by atoms with Crippen LogP contribution in [0.5, 0.6) is 0 Å². The minimum absolute atomic E-state index is 0.0681. The number of imidazole rings is 1. The van der Waals surface area contributed by atoms with Crippen molar-refractivity contribution in [2.75, 3.05) is 52.6 Å². The van der Waals surface area contributed by atoms with Gasteiger partial charge in [-0.2, -0.15) is 4.31 Å². The first-order chi connectivity index (χ1) is 14.9. The predicted molar refractivity (Wildman–Crippen MR) is 118 cm³/mol. The van der Waals surface area contributed by atoms with Crippen molar-refractivity contribution in [3.63, 3.8) is 0 Å². The molecule has 2 aliphatic rings. The Kier molecular flexibility index (Phi) is 6.87. The van der Waals surface area contributed by atoms with E-state index in [0.717, 1.165) is 5.52 Å². The first-order valence-electron chi connectivity index (χ1n) is 10.5. The molecule has 2 fully saturated rings. The highest BCUT2D eigenvalue weighted by atomic mass is 32.2. The summed E-state index contributed by atoms with van der Waals surface area (Å²) in [6.07, 6.45) is 0. The second kappa shape index (κ2) is 9.45. The van der Waals surface area contributed by atoms with Crippen molar-refractivity contribution in [2.45, 2.75) is 35.7 Å². The minimum atomic E-state index is -3.59. The van der Waals surface area contributed by atoms with Gasteiger partial charge in [0.1, 0.15) is 0 Å². The summed E-state index contributed by atoms with van der Waals surface area (Å²) in [5.74, 6) is 0.0681. The number of amides is 1. The molecule has 1 aromatic heterocycles. The van der Waals surface area contributed by atoms with Crippen molar-refractivity contribution >= 4 is 38.7 Å². The molecule has 3 heterocycles. The predicted octanol–water partition coefficient (Wildman–Crippen LogP) is 1.42. The van der Waals surface area contributed by atoms with Crippen LogP contribution in [0.3, 0.4) is 0 Å². The number of ether oxygens (including phenoxy) is 2. The third kappa shape index (κ3) is 4.61. The molecule has 1 amide bonds. The van der Waals surface area contributed by atoms with Gasteiger partial charge in [0.05, 0.1) is 47.6 Å². The number of aromatic nitrogens is 2. The highest BCUT2D eigenvalue weighted by Crippen LogP contribution is 2.30. The Bertz CT molecular complexity index is 1040. The van der Waals surface area contributed by atoms with E-state index in [9.17, 15) is 13.2 Å². The van der Waals surface area contributed by atoms with Crippen LogP contribution in [0.25, 0.3) is 11.0 Å². The van der Waals surface area contributed by atoms with Crippen LogP contribution in [0, 0.1) is 0 Å². The summed E-state index contributed by atoms with van der Waals surface area (Å²) >= 11 is 1.41. The van der Waals surface area contributed by atoms with E-state index in [-0.39, 0.29) is 16.1 Å². The third-order valence-corrected chi connectivity index (χ3v) is 8.53. The number of rotatable bonds is 6. The zero-order valence-corrected chi connectivity index (χ0v) is 19.5. The Morgan fingerprint density at radius 1 is 1.13 bits per heavy atom. The minimum Gasteiger partial charge on any atom is -0.379 e. The summed E-state index contributed by atoms with van der Waals surface area (Å²) in [4.78, 5) is 19.5. The molecule has 0 spiro atoms. The van der Waals surface area contributed by atoms with Crippen LogP contribution in [0.15, 0.2) is 28.3 Å². The highest BCUT2D eigenvalue weighted by Gasteiger charge is 2.28. The normalized spacial score (nSPS) is 19.6. The zero-order chi connectivity index (χ0) is 22.0. The quantitative estimate of drug-likeness (QED) is 0.592. The van der Waals surface area contributed by atoms with E-state index in [0.29, 0.717) is 69.8 Å². The lowest BCUT2D eigenvalue weighted by atomic mass is 10.3. The number of hydrogen-bond acceptors (Lipinski definition) is 7. The van der Waals surface area contributed by atoms with Gasteiger partial charge in [0.2, 0.25) is 15.9 Å². The number of fused-ring (bicyclic) bond motifs is 1. The Balaban J connectivity index is 1.59. The van der Waals surface area contributed by atoms with Crippen LogP contribution < -0.4 is 0 Å². The van der Waals surface area contributed by atoms with Crippen molar-refractivity contribution < 1.29 is 22.7 Å². The molecule has 0 bridgehead atoms. The third-order valence-electron chi connectivity index (χ3n) is 5.56. The molecule has 9 nitrogen and oxygen atoms in total. The van der Waals surface area contributed by atoms with Crippen molar-refractivity contribution in [2.24, 2.45) is 0 Å². The Morgan fingerprint density at radius 2 is 1.77 bits per heavy atom. The maximum atomic E-state index is 13.0. The summed E-state index contributed by atoms with van der Waals surface area (Å²) in [6, 6.07) is 5.07. The van der Waals surface area contributed by atoms with Gasteiger partial charge in [0.25, 0.3) is 0 Å². The maximum Gasteiger partial charge on any atom is 0.243 e. The molecule has 11 heteroatoms. The van der Waals surface area contributed by atoms with Crippen molar-refractivity contribution in [1.29, 1.82) is 0 Å². The van der Waals surface area contributed by atoms with Crippen LogP contribution >= 0.6 is 11.8 Å². The first kappa shape index (κ1) is 22.5. The lowest BCUT2D eigenvalue weighted by Crippen LogP contribution is -2.44. The van der Waals surface area contributed by atoms with Crippen molar-refractivity contribution in [3.8, 4) is 0 Å². The van der Waals surface area contributed by atoms with Gasteiger partial charge >= 0.3 is 0 Å². The largest absolute Gasteiger partial charge is 0.379 e. The summed E-state index contributed by atoms with van der Waals surface area (Å²) in [5, 5.41) is 0.421. The molecular weight excluding hydrogens is 440 g/mol. The number of thioether (sulfide) groups is 1. The second-order valence-corrected chi connectivity index (χ2v) is 10.7. The lowest BCUT2D eigenvalue weighted by molar-refractivity contribution is -0.134. The molecule has 0 saturated carbocycles. The first-order valence-corrected chi connectivity index (χ1v) is 12.8. The molecule has 0 radical (unpaired) electrons. The highest BCUT2D eigenvalue weighted by molar-refractivity contribution is 8.00. The number of sulfonamides is 1. The Hall–Kier alpha value is -1.66. The molecule has 4 rings (SSSR count). The fourth-order valence-corrected chi connectivity index (χ4v) is 6.33. The van der Waals surface area contributed by atoms with Crippen molar-refractivity contribution in [3.05, 3.63) is 18.2 Å². The number of aryl methyl sites for hydroxylation is 1. The fourth-order valence-electron chi connectivity index (χ4n) is 3.83. The molecule has 1 aromatic carbocycles. The van der Waals surface area contributed by atoms with E-state index < -0.39 is 10.0 Å².